The van der Waals surface area contributed by atoms with Crippen molar-refractivity contribution in [3.8, 4) is 0 Å². The van der Waals surface area contributed by atoms with Crippen LogP contribution in [0.3, 0.4) is 0 Å². The third-order valence-electron chi connectivity index (χ3n) is 3.37. The Morgan fingerprint density at radius 2 is 1.80 bits per heavy atom. The van der Waals surface area contributed by atoms with Gasteiger partial charge < -0.3 is 10.6 Å². The molecule has 6 heteroatoms. The van der Waals surface area contributed by atoms with Crippen LogP contribution in [0.15, 0.2) is 60.3 Å². The van der Waals surface area contributed by atoms with E-state index in [0.29, 0.717) is 12.2 Å². The van der Waals surface area contributed by atoms with Crippen molar-refractivity contribution in [2.45, 2.75) is 13.3 Å². The number of anilines is 1. The number of halogens is 2. The van der Waals surface area contributed by atoms with Gasteiger partial charge in [0.05, 0.1) is 5.02 Å². The van der Waals surface area contributed by atoms with E-state index in [1.54, 1.807) is 24.3 Å². The molecule has 0 saturated carbocycles. The molecule has 4 nitrogen and oxygen atoms in total. The summed E-state index contributed by atoms with van der Waals surface area (Å²) < 4.78 is 13.0. The summed E-state index contributed by atoms with van der Waals surface area (Å²) in [7, 11) is 0. The quantitative estimate of drug-likeness (QED) is 0.337. The first-order valence-corrected chi connectivity index (χ1v) is 8.20. The molecule has 0 atom stereocenters. The van der Waals surface area contributed by atoms with Crippen LogP contribution < -0.4 is 10.6 Å². The molecule has 0 aliphatic carbocycles. The van der Waals surface area contributed by atoms with Gasteiger partial charge in [-0.3, -0.25) is 9.59 Å². The van der Waals surface area contributed by atoms with E-state index < -0.39 is 11.7 Å². The number of rotatable bonds is 7. The van der Waals surface area contributed by atoms with Crippen molar-refractivity contribution in [2.24, 2.45) is 0 Å². The highest BCUT2D eigenvalue weighted by atomic mass is 35.5. The molecule has 0 aliphatic rings. The topological polar surface area (TPSA) is 58.2 Å². The smallest absolute Gasteiger partial charge is 0.256 e. The molecule has 25 heavy (non-hydrogen) atoms. The van der Waals surface area contributed by atoms with Crippen LogP contribution in [0.2, 0.25) is 5.02 Å². The predicted molar refractivity (Wildman–Crippen MR) is 97.2 cm³/mol. The molecule has 2 rings (SSSR count). The summed E-state index contributed by atoms with van der Waals surface area (Å²) in [5, 5.41) is 5.79. The van der Waals surface area contributed by atoms with Crippen molar-refractivity contribution >= 4 is 29.0 Å². The summed E-state index contributed by atoms with van der Waals surface area (Å²) in [5.41, 5.74) is 0.711. The van der Waals surface area contributed by atoms with Gasteiger partial charge in [-0.1, -0.05) is 30.7 Å². The number of hydrogen-bond acceptors (Lipinski definition) is 3. The molecule has 0 heterocycles. The lowest BCUT2D eigenvalue weighted by Crippen LogP contribution is -2.29. The predicted octanol–water partition coefficient (Wildman–Crippen LogP) is 4.18. The molecule has 1 amide bonds. The molecule has 2 aromatic carbocycles. The first-order valence-electron chi connectivity index (χ1n) is 7.82. The van der Waals surface area contributed by atoms with Crippen LogP contribution >= 0.6 is 11.6 Å². The SMILES string of the molecule is CCCNC(=O)/C(=C\Nc1ccc(F)cc1)C(=O)c1ccccc1Cl. The number of carbonyl (C=O) groups excluding carboxylic acids is 2. The Morgan fingerprint density at radius 3 is 2.44 bits per heavy atom. The number of amides is 1. The average molecular weight is 361 g/mol. The van der Waals surface area contributed by atoms with E-state index >= 15 is 0 Å². The Bertz CT molecular complexity index is 788. The summed E-state index contributed by atoms with van der Waals surface area (Å²) in [4.78, 5) is 25.1. The van der Waals surface area contributed by atoms with Gasteiger partial charge in [-0.2, -0.15) is 0 Å². The van der Waals surface area contributed by atoms with Crippen LogP contribution in [0.1, 0.15) is 23.7 Å². The molecule has 0 saturated heterocycles. The number of nitrogens with one attached hydrogen (secondary N) is 2. The van der Waals surface area contributed by atoms with E-state index in [-0.39, 0.29) is 22.0 Å². The van der Waals surface area contributed by atoms with E-state index in [9.17, 15) is 14.0 Å². The van der Waals surface area contributed by atoms with Gasteiger partial charge in [0.25, 0.3) is 5.91 Å². The molecule has 0 radical (unpaired) electrons. The van der Waals surface area contributed by atoms with Gasteiger partial charge in [-0.05, 0) is 42.8 Å². The van der Waals surface area contributed by atoms with Gasteiger partial charge in [0.2, 0.25) is 5.78 Å². The van der Waals surface area contributed by atoms with Crippen molar-refractivity contribution < 1.29 is 14.0 Å². The summed E-state index contributed by atoms with van der Waals surface area (Å²) in [5.74, 6) is -1.36. The second kappa shape index (κ2) is 8.99. The van der Waals surface area contributed by atoms with E-state index in [1.165, 1.54) is 30.5 Å². The Labute approximate surface area is 150 Å². The Hall–Kier alpha value is -2.66. The van der Waals surface area contributed by atoms with Crippen molar-refractivity contribution in [2.75, 3.05) is 11.9 Å². The summed E-state index contributed by atoms with van der Waals surface area (Å²) >= 11 is 6.06. The van der Waals surface area contributed by atoms with Gasteiger partial charge in [-0.25, -0.2) is 4.39 Å². The lowest BCUT2D eigenvalue weighted by molar-refractivity contribution is -0.117. The van der Waals surface area contributed by atoms with Crippen molar-refractivity contribution in [3.05, 3.63) is 76.7 Å². The van der Waals surface area contributed by atoms with Gasteiger partial charge in [0.15, 0.2) is 0 Å². The van der Waals surface area contributed by atoms with Gasteiger partial charge in [0, 0.05) is 24.0 Å². The first kappa shape index (κ1) is 18.7. The monoisotopic (exact) mass is 360 g/mol. The molecule has 0 aromatic heterocycles. The minimum absolute atomic E-state index is 0.0779. The Kier molecular flexibility index (Phi) is 6.71. The highest BCUT2D eigenvalue weighted by Gasteiger charge is 2.21. The fraction of sp³-hybridized carbons (Fsp3) is 0.158. The summed E-state index contributed by atoms with van der Waals surface area (Å²) in [6, 6.07) is 12.1. The lowest BCUT2D eigenvalue weighted by Gasteiger charge is -2.10. The van der Waals surface area contributed by atoms with E-state index in [4.69, 9.17) is 11.6 Å². The van der Waals surface area contributed by atoms with Crippen LogP contribution in [0.5, 0.6) is 0 Å². The number of benzene rings is 2. The van der Waals surface area contributed by atoms with Crippen molar-refractivity contribution in [1.29, 1.82) is 0 Å². The molecule has 0 unspecified atom stereocenters. The van der Waals surface area contributed by atoms with Crippen molar-refractivity contribution in [1.82, 2.24) is 5.32 Å². The highest BCUT2D eigenvalue weighted by molar-refractivity contribution is 6.37. The van der Waals surface area contributed by atoms with Crippen LogP contribution in [0.25, 0.3) is 0 Å². The minimum atomic E-state index is -0.499. The number of carbonyl (C=O) groups is 2. The fourth-order valence-electron chi connectivity index (χ4n) is 2.06. The first-order chi connectivity index (χ1) is 12.0. The van der Waals surface area contributed by atoms with Crippen molar-refractivity contribution in [3.63, 3.8) is 0 Å². The molecule has 0 aliphatic heterocycles. The molecular weight excluding hydrogens is 343 g/mol. The maximum absolute atomic E-state index is 13.0. The van der Waals surface area contributed by atoms with E-state index in [2.05, 4.69) is 10.6 Å². The Morgan fingerprint density at radius 1 is 1.12 bits per heavy atom. The van der Waals surface area contributed by atoms with Crippen LogP contribution in [0, 0.1) is 5.82 Å². The maximum atomic E-state index is 13.0. The molecule has 2 aromatic rings. The largest absolute Gasteiger partial charge is 0.361 e. The van der Waals surface area contributed by atoms with E-state index in [0.717, 1.165) is 6.42 Å². The standard InChI is InChI=1S/C19H18ClFN2O2/c1-2-11-22-19(25)16(12-23-14-9-7-13(21)8-10-14)18(24)15-5-3-4-6-17(15)20/h3-10,12,23H,2,11H2,1H3,(H,22,25)/b16-12-. The van der Waals surface area contributed by atoms with Gasteiger partial charge >= 0.3 is 0 Å². The molecule has 130 valence electrons. The molecule has 0 bridgehead atoms. The second-order valence-electron chi connectivity index (χ2n) is 5.27. The zero-order valence-corrected chi connectivity index (χ0v) is 14.4. The molecule has 0 fully saturated rings. The molecule has 0 spiro atoms. The third-order valence-corrected chi connectivity index (χ3v) is 3.70. The summed E-state index contributed by atoms with van der Waals surface area (Å²) in [6.07, 6.45) is 2.05. The number of ketones is 1. The number of hydrogen-bond donors (Lipinski definition) is 2. The van der Waals surface area contributed by atoms with Crippen LogP contribution in [-0.4, -0.2) is 18.2 Å². The minimum Gasteiger partial charge on any atom is -0.361 e. The third kappa shape index (κ3) is 5.16. The zero-order valence-electron chi connectivity index (χ0n) is 13.7. The molecular formula is C19H18ClFN2O2. The number of Topliss-reactive ketones (excluding diaryl/α,β-unsaturated/α-hetero) is 1. The summed E-state index contributed by atoms with van der Waals surface area (Å²) in [6.45, 7) is 2.36. The fourth-order valence-corrected chi connectivity index (χ4v) is 2.28. The average Bonchev–Trinajstić information content (AvgIpc) is 2.61. The maximum Gasteiger partial charge on any atom is 0.256 e. The van der Waals surface area contributed by atoms with Gasteiger partial charge in [0.1, 0.15) is 11.4 Å². The molecule has 2 N–H and O–H groups in total. The van der Waals surface area contributed by atoms with Gasteiger partial charge in [-0.15, -0.1) is 0 Å². The zero-order chi connectivity index (χ0) is 18.2. The van der Waals surface area contributed by atoms with E-state index in [1.807, 2.05) is 6.92 Å². The lowest BCUT2D eigenvalue weighted by atomic mass is 10.0. The normalized spacial score (nSPS) is 11.1. The van der Waals surface area contributed by atoms with Crippen LogP contribution in [-0.2, 0) is 4.79 Å². The highest BCUT2D eigenvalue weighted by Crippen LogP contribution is 2.19. The Balaban J connectivity index is 2.30. The van der Waals surface area contributed by atoms with Crippen LogP contribution in [0.4, 0.5) is 10.1 Å². The second-order valence-corrected chi connectivity index (χ2v) is 5.68.